The van der Waals surface area contributed by atoms with Gasteiger partial charge in [-0.25, -0.2) is 0 Å². The predicted octanol–water partition coefficient (Wildman–Crippen LogP) is 1.37. The number of rotatable bonds is 5. The lowest BCUT2D eigenvalue weighted by Gasteiger charge is -2.00. The predicted molar refractivity (Wildman–Crippen MR) is 79.8 cm³/mol. The molecule has 0 saturated carbocycles. The smallest absolute Gasteiger partial charge is 0.244 e. The molecule has 104 valence electrons. The van der Waals surface area contributed by atoms with Crippen LogP contribution in [0.1, 0.15) is 11.3 Å². The number of hydrogen-bond donors (Lipinski definition) is 2. The second-order valence-electron chi connectivity index (χ2n) is 4.53. The lowest BCUT2D eigenvalue weighted by molar-refractivity contribution is -0.116. The summed E-state index contributed by atoms with van der Waals surface area (Å²) in [6, 6.07) is 9.32. The van der Waals surface area contributed by atoms with Crippen molar-refractivity contribution >= 4 is 17.7 Å². The SMILES string of the molecule is Cn1ccc(CCNC(=O)/C=C/c2cccc(N)c2)n1. The number of benzene rings is 1. The van der Waals surface area contributed by atoms with Crippen molar-refractivity contribution in [2.75, 3.05) is 12.3 Å². The molecular formula is C15H18N4O. The van der Waals surface area contributed by atoms with Crippen molar-refractivity contribution in [3.63, 3.8) is 0 Å². The zero-order valence-electron chi connectivity index (χ0n) is 11.4. The van der Waals surface area contributed by atoms with Crippen LogP contribution in [0.3, 0.4) is 0 Å². The Bertz CT molecular complexity index is 616. The van der Waals surface area contributed by atoms with Gasteiger partial charge in [-0.3, -0.25) is 9.48 Å². The first-order chi connectivity index (χ1) is 9.63. The topological polar surface area (TPSA) is 72.9 Å². The maximum atomic E-state index is 11.6. The van der Waals surface area contributed by atoms with E-state index in [1.165, 1.54) is 6.08 Å². The number of nitrogens with zero attached hydrogens (tertiary/aromatic N) is 2. The molecule has 1 amide bonds. The molecule has 0 radical (unpaired) electrons. The molecule has 0 aliphatic heterocycles. The molecule has 2 aromatic rings. The van der Waals surface area contributed by atoms with Crippen molar-refractivity contribution in [3.8, 4) is 0 Å². The highest BCUT2D eigenvalue weighted by Gasteiger charge is 1.99. The molecule has 20 heavy (non-hydrogen) atoms. The molecular weight excluding hydrogens is 252 g/mol. The summed E-state index contributed by atoms with van der Waals surface area (Å²) in [6.45, 7) is 0.567. The Morgan fingerprint density at radius 2 is 2.30 bits per heavy atom. The van der Waals surface area contributed by atoms with E-state index in [0.717, 1.165) is 17.7 Å². The molecule has 0 fully saturated rings. The highest BCUT2D eigenvalue weighted by Crippen LogP contribution is 2.07. The largest absolute Gasteiger partial charge is 0.399 e. The van der Waals surface area contributed by atoms with Crippen molar-refractivity contribution in [3.05, 3.63) is 53.9 Å². The number of aromatic nitrogens is 2. The minimum Gasteiger partial charge on any atom is -0.399 e. The van der Waals surface area contributed by atoms with Gasteiger partial charge in [0.25, 0.3) is 0 Å². The van der Waals surface area contributed by atoms with Gasteiger partial charge in [-0.2, -0.15) is 5.10 Å². The number of carbonyl (C=O) groups excluding carboxylic acids is 1. The first kappa shape index (κ1) is 13.9. The van der Waals surface area contributed by atoms with Crippen LogP contribution in [0.25, 0.3) is 6.08 Å². The third-order valence-electron chi connectivity index (χ3n) is 2.79. The van der Waals surface area contributed by atoms with Crippen LogP contribution in [0.15, 0.2) is 42.6 Å². The lowest BCUT2D eigenvalue weighted by Crippen LogP contribution is -2.23. The third kappa shape index (κ3) is 4.28. The van der Waals surface area contributed by atoms with Gasteiger partial charge in [0.05, 0.1) is 5.69 Å². The van der Waals surface area contributed by atoms with Crippen LogP contribution in [-0.2, 0) is 18.3 Å². The van der Waals surface area contributed by atoms with Crippen LogP contribution in [0, 0.1) is 0 Å². The molecule has 0 bridgehead atoms. The van der Waals surface area contributed by atoms with E-state index in [-0.39, 0.29) is 5.91 Å². The Hall–Kier alpha value is -2.56. The van der Waals surface area contributed by atoms with Crippen LogP contribution in [0.4, 0.5) is 5.69 Å². The minimum atomic E-state index is -0.122. The molecule has 2 rings (SSSR count). The Balaban J connectivity index is 1.78. The van der Waals surface area contributed by atoms with E-state index in [0.29, 0.717) is 12.2 Å². The van der Waals surface area contributed by atoms with Gasteiger partial charge in [0.15, 0.2) is 0 Å². The Kier molecular flexibility index (Phi) is 4.55. The van der Waals surface area contributed by atoms with Gasteiger partial charge in [-0.05, 0) is 29.8 Å². The van der Waals surface area contributed by atoms with Gasteiger partial charge in [0.2, 0.25) is 5.91 Å². The molecule has 3 N–H and O–H groups in total. The lowest BCUT2D eigenvalue weighted by atomic mass is 10.2. The maximum Gasteiger partial charge on any atom is 0.244 e. The number of nitrogens with two attached hydrogens (primary N) is 1. The van der Waals surface area contributed by atoms with Crippen molar-refractivity contribution in [1.29, 1.82) is 0 Å². The first-order valence-electron chi connectivity index (χ1n) is 6.43. The quantitative estimate of drug-likeness (QED) is 0.636. The van der Waals surface area contributed by atoms with E-state index < -0.39 is 0 Å². The Morgan fingerprint density at radius 1 is 1.45 bits per heavy atom. The second kappa shape index (κ2) is 6.56. The van der Waals surface area contributed by atoms with Crippen LogP contribution in [0.2, 0.25) is 0 Å². The number of nitrogen functional groups attached to an aromatic ring is 1. The third-order valence-corrected chi connectivity index (χ3v) is 2.79. The van der Waals surface area contributed by atoms with Gasteiger partial charge >= 0.3 is 0 Å². The summed E-state index contributed by atoms with van der Waals surface area (Å²) in [4.78, 5) is 11.6. The number of carbonyl (C=O) groups is 1. The molecule has 0 unspecified atom stereocenters. The van der Waals surface area contributed by atoms with Crippen LogP contribution >= 0.6 is 0 Å². The summed E-state index contributed by atoms with van der Waals surface area (Å²) in [6.07, 6.45) is 5.86. The molecule has 0 atom stereocenters. The number of amides is 1. The summed E-state index contributed by atoms with van der Waals surface area (Å²) in [5.41, 5.74) is 8.22. The van der Waals surface area contributed by atoms with Gasteiger partial charge < -0.3 is 11.1 Å². The second-order valence-corrected chi connectivity index (χ2v) is 4.53. The van der Waals surface area contributed by atoms with Gasteiger partial charge in [0.1, 0.15) is 0 Å². The zero-order valence-corrected chi connectivity index (χ0v) is 11.4. The summed E-state index contributed by atoms with van der Waals surface area (Å²) in [5.74, 6) is -0.122. The molecule has 0 aliphatic rings. The van der Waals surface area contributed by atoms with Crippen molar-refractivity contribution in [2.24, 2.45) is 7.05 Å². The van der Waals surface area contributed by atoms with Crippen molar-refractivity contribution < 1.29 is 4.79 Å². The fraction of sp³-hybridized carbons (Fsp3) is 0.200. The summed E-state index contributed by atoms with van der Waals surface area (Å²) >= 11 is 0. The standard InChI is InChI=1S/C15H18N4O/c1-19-10-8-14(18-19)7-9-17-15(20)6-5-12-3-2-4-13(16)11-12/h2-6,8,10-11H,7,9,16H2,1H3,(H,17,20)/b6-5+. The summed E-state index contributed by atoms with van der Waals surface area (Å²) in [5, 5.41) is 7.06. The van der Waals surface area contributed by atoms with Gasteiger partial charge in [-0.1, -0.05) is 12.1 Å². The number of nitrogens with one attached hydrogen (secondary N) is 1. The van der Waals surface area contributed by atoms with Crippen LogP contribution in [0.5, 0.6) is 0 Å². The highest BCUT2D eigenvalue weighted by atomic mass is 16.1. The molecule has 1 heterocycles. The van der Waals surface area contributed by atoms with Crippen molar-refractivity contribution in [2.45, 2.75) is 6.42 Å². The van der Waals surface area contributed by atoms with E-state index in [4.69, 9.17) is 5.73 Å². The first-order valence-corrected chi connectivity index (χ1v) is 6.43. The van der Waals surface area contributed by atoms with Crippen LogP contribution in [-0.4, -0.2) is 22.2 Å². The molecule has 5 heteroatoms. The molecule has 1 aromatic carbocycles. The zero-order chi connectivity index (χ0) is 14.4. The fourth-order valence-corrected chi connectivity index (χ4v) is 1.80. The monoisotopic (exact) mass is 270 g/mol. The Morgan fingerprint density at radius 3 is 3.00 bits per heavy atom. The molecule has 0 aliphatic carbocycles. The molecule has 1 aromatic heterocycles. The van der Waals surface area contributed by atoms with Gasteiger partial charge in [0, 0.05) is 38.0 Å². The number of aryl methyl sites for hydroxylation is 1. The van der Waals surface area contributed by atoms with E-state index in [1.807, 2.05) is 43.6 Å². The number of hydrogen-bond acceptors (Lipinski definition) is 3. The Labute approximate surface area is 118 Å². The molecule has 5 nitrogen and oxygen atoms in total. The number of anilines is 1. The fourth-order valence-electron chi connectivity index (χ4n) is 1.80. The van der Waals surface area contributed by atoms with Gasteiger partial charge in [-0.15, -0.1) is 0 Å². The van der Waals surface area contributed by atoms with E-state index in [9.17, 15) is 4.79 Å². The summed E-state index contributed by atoms with van der Waals surface area (Å²) < 4.78 is 1.75. The van der Waals surface area contributed by atoms with E-state index in [2.05, 4.69) is 10.4 Å². The minimum absolute atomic E-state index is 0.122. The van der Waals surface area contributed by atoms with E-state index >= 15 is 0 Å². The summed E-state index contributed by atoms with van der Waals surface area (Å²) in [7, 11) is 1.87. The van der Waals surface area contributed by atoms with E-state index in [1.54, 1.807) is 10.8 Å². The normalized spacial score (nSPS) is 10.8. The average Bonchev–Trinajstić information content (AvgIpc) is 2.82. The molecule has 0 spiro atoms. The van der Waals surface area contributed by atoms with Crippen molar-refractivity contribution in [1.82, 2.24) is 15.1 Å². The maximum absolute atomic E-state index is 11.6. The van der Waals surface area contributed by atoms with Crippen LogP contribution < -0.4 is 11.1 Å². The average molecular weight is 270 g/mol. The molecule has 0 saturated heterocycles. The highest BCUT2D eigenvalue weighted by molar-refractivity contribution is 5.91.